The van der Waals surface area contributed by atoms with E-state index in [1.54, 1.807) is 0 Å². The number of rotatable bonds is 3. The highest BCUT2D eigenvalue weighted by Crippen LogP contribution is 2.32. The Labute approximate surface area is 142 Å². The van der Waals surface area contributed by atoms with Crippen molar-refractivity contribution in [3.05, 3.63) is 47.8 Å². The van der Waals surface area contributed by atoms with Crippen LogP contribution in [0, 0.1) is 0 Å². The average molecular weight is 353 g/mol. The lowest BCUT2D eigenvalue weighted by molar-refractivity contribution is -0.184. The predicted octanol–water partition coefficient (Wildman–Crippen LogP) is 1.82. The highest BCUT2D eigenvalue weighted by atomic mass is 19.4. The van der Waals surface area contributed by atoms with Gasteiger partial charge in [0.25, 0.3) is 5.91 Å². The maximum atomic E-state index is 13.2. The molecule has 2 aromatic rings. The van der Waals surface area contributed by atoms with Gasteiger partial charge < -0.3 is 10.6 Å². The maximum absolute atomic E-state index is 13.2. The molecule has 25 heavy (non-hydrogen) atoms. The van der Waals surface area contributed by atoms with E-state index in [-0.39, 0.29) is 25.1 Å². The van der Waals surface area contributed by atoms with Crippen LogP contribution in [0.25, 0.3) is 0 Å². The summed E-state index contributed by atoms with van der Waals surface area (Å²) < 4.78 is 41.1. The molecule has 1 aliphatic heterocycles. The second kappa shape index (κ2) is 6.83. The minimum atomic E-state index is -4.49. The van der Waals surface area contributed by atoms with Crippen LogP contribution in [0.5, 0.6) is 0 Å². The summed E-state index contributed by atoms with van der Waals surface area (Å²) in [5.41, 5.74) is 6.58. The standard InChI is InChI=1S/C16H18F3N5O/c17-16(18,19)14-7-6-12(20)9-24(14)15(25)13-10-23(22-21-13)8-11-4-2-1-3-5-11/h1-5,10,12,14H,6-9,20H2/t12-,14-/m0/s1. The number of halogens is 3. The van der Waals surface area contributed by atoms with Crippen molar-refractivity contribution >= 4 is 5.91 Å². The minimum absolute atomic E-state index is 0.112. The summed E-state index contributed by atoms with van der Waals surface area (Å²) in [7, 11) is 0. The molecule has 2 heterocycles. The van der Waals surface area contributed by atoms with Gasteiger partial charge in [0.05, 0.1) is 12.7 Å². The third-order valence-electron chi connectivity index (χ3n) is 4.20. The predicted molar refractivity (Wildman–Crippen MR) is 83.7 cm³/mol. The van der Waals surface area contributed by atoms with Gasteiger partial charge in [-0.2, -0.15) is 13.2 Å². The van der Waals surface area contributed by atoms with Gasteiger partial charge in [0.2, 0.25) is 0 Å². The molecule has 1 saturated heterocycles. The smallest absolute Gasteiger partial charge is 0.326 e. The number of carbonyl (C=O) groups excluding carboxylic acids is 1. The molecule has 0 bridgehead atoms. The van der Waals surface area contributed by atoms with Gasteiger partial charge in [-0.1, -0.05) is 35.5 Å². The molecule has 0 unspecified atom stereocenters. The Balaban J connectivity index is 1.77. The van der Waals surface area contributed by atoms with Gasteiger partial charge in [0, 0.05) is 12.6 Å². The summed E-state index contributed by atoms with van der Waals surface area (Å²) in [6.07, 6.45) is -3.10. The zero-order valence-electron chi connectivity index (χ0n) is 13.4. The first kappa shape index (κ1) is 17.4. The molecule has 1 aromatic heterocycles. The van der Waals surface area contributed by atoms with E-state index in [2.05, 4.69) is 10.3 Å². The number of nitrogens with two attached hydrogens (primary N) is 1. The van der Waals surface area contributed by atoms with Crippen molar-refractivity contribution in [1.29, 1.82) is 0 Å². The molecule has 1 aromatic carbocycles. The molecule has 134 valence electrons. The first-order chi connectivity index (χ1) is 11.8. The van der Waals surface area contributed by atoms with Gasteiger partial charge in [-0.05, 0) is 18.4 Å². The fraction of sp³-hybridized carbons (Fsp3) is 0.438. The molecule has 3 rings (SSSR count). The van der Waals surface area contributed by atoms with Gasteiger partial charge in [-0.15, -0.1) is 5.10 Å². The first-order valence-corrected chi connectivity index (χ1v) is 7.92. The average Bonchev–Trinajstić information content (AvgIpc) is 3.02. The fourth-order valence-electron chi connectivity index (χ4n) is 2.96. The van der Waals surface area contributed by atoms with Crippen molar-refractivity contribution < 1.29 is 18.0 Å². The molecule has 1 fully saturated rings. The molecule has 0 saturated carbocycles. The van der Waals surface area contributed by atoms with Crippen LogP contribution in [0.2, 0.25) is 0 Å². The number of benzene rings is 1. The maximum Gasteiger partial charge on any atom is 0.408 e. The van der Waals surface area contributed by atoms with E-state index in [0.29, 0.717) is 6.54 Å². The van der Waals surface area contributed by atoms with E-state index in [0.717, 1.165) is 10.5 Å². The molecule has 1 aliphatic rings. The molecular formula is C16H18F3N5O. The Morgan fingerprint density at radius 2 is 1.96 bits per heavy atom. The second-order valence-corrected chi connectivity index (χ2v) is 6.14. The summed E-state index contributed by atoms with van der Waals surface area (Å²) in [6.45, 7) is 0.234. The first-order valence-electron chi connectivity index (χ1n) is 7.92. The van der Waals surface area contributed by atoms with Crippen molar-refractivity contribution in [2.75, 3.05) is 6.54 Å². The van der Waals surface area contributed by atoms with Gasteiger partial charge in [0.15, 0.2) is 5.69 Å². The van der Waals surface area contributed by atoms with Crippen molar-refractivity contribution in [1.82, 2.24) is 19.9 Å². The minimum Gasteiger partial charge on any atom is -0.326 e. The molecule has 6 nitrogen and oxygen atoms in total. The topological polar surface area (TPSA) is 77.0 Å². The Bertz CT molecular complexity index is 731. The van der Waals surface area contributed by atoms with Gasteiger partial charge >= 0.3 is 6.18 Å². The number of hydrogen-bond donors (Lipinski definition) is 1. The van der Waals surface area contributed by atoms with Gasteiger partial charge in [0.1, 0.15) is 6.04 Å². The number of hydrogen-bond acceptors (Lipinski definition) is 4. The third kappa shape index (κ3) is 3.98. The summed E-state index contributed by atoms with van der Waals surface area (Å²) >= 11 is 0. The van der Waals surface area contributed by atoms with Gasteiger partial charge in [-0.3, -0.25) is 4.79 Å². The molecule has 1 amide bonds. The highest BCUT2D eigenvalue weighted by molar-refractivity contribution is 5.92. The van der Waals surface area contributed by atoms with Gasteiger partial charge in [-0.25, -0.2) is 4.68 Å². The number of amides is 1. The summed E-state index contributed by atoms with van der Waals surface area (Å²) in [4.78, 5) is 13.3. The number of piperidine rings is 1. The van der Waals surface area contributed by atoms with Crippen molar-refractivity contribution in [3.8, 4) is 0 Å². The van der Waals surface area contributed by atoms with Crippen molar-refractivity contribution in [2.45, 2.75) is 37.6 Å². The summed E-state index contributed by atoms with van der Waals surface area (Å²) in [5, 5.41) is 7.58. The Kier molecular flexibility index (Phi) is 4.76. The lowest BCUT2D eigenvalue weighted by Gasteiger charge is -2.38. The van der Waals surface area contributed by atoms with Crippen LogP contribution in [-0.4, -0.2) is 50.6 Å². The fourth-order valence-corrected chi connectivity index (χ4v) is 2.96. The number of carbonyl (C=O) groups is 1. The van der Waals surface area contributed by atoms with Crippen LogP contribution in [0.4, 0.5) is 13.2 Å². The van der Waals surface area contributed by atoms with E-state index in [1.807, 2.05) is 30.3 Å². The lowest BCUT2D eigenvalue weighted by Crippen LogP contribution is -2.56. The van der Waals surface area contributed by atoms with Crippen LogP contribution >= 0.6 is 0 Å². The molecule has 2 N–H and O–H groups in total. The summed E-state index contributed by atoms with van der Waals surface area (Å²) in [5.74, 6) is -0.795. The summed E-state index contributed by atoms with van der Waals surface area (Å²) in [6, 6.07) is 7.05. The monoisotopic (exact) mass is 353 g/mol. The van der Waals surface area contributed by atoms with Crippen LogP contribution in [0.15, 0.2) is 36.5 Å². The quantitative estimate of drug-likeness (QED) is 0.913. The van der Waals surface area contributed by atoms with Crippen LogP contribution in [0.3, 0.4) is 0 Å². The van der Waals surface area contributed by atoms with E-state index in [4.69, 9.17) is 5.73 Å². The second-order valence-electron chi connectivity index (χ2n) is 6.14. The molecule has 0 aliphatic carbocycles. The third-order valence-corrected chi connectivity index (χ3v) is 4.20. The van der Waals surface area contributed by atoms with Crippen LogP contribution in [0.1, 0.15) is 28.9 Å². The van der Waals surface area contributed by atoms with Crippen LogP contribution in [-0.2, 0) is 6.54 Å². The van der Waals surface area contributed by atoms with Crippen LogP contribution < -0.4 is 5.73 Å². The van der Waals surface area contributed by atoms with E-state index >= 15 is 0 Å². The normalized spacial score (nSPS) is 21.4. The molecule has 2 atom stereocenters. The molecule has 0 spiro atoms. The number of nitrogens with zero attached hydrogens (tertiary/aromatic N) is 4. The number of likely N-dealkylation sites (tertiary alicyclic amines) is 1. The number of alkyl halides is 3. The Morgan fingerprint density at radius 3 is 2.64 bits per heavy atom. The van der Waals surface area contributed by atoms with E-state index < -0.39 is 24.2 Å². The number of aromatic nitrogens is 3. The Morgan fingerprint density at radius 1 is 1.24 bits per heavy atom. The molecular weight excluding hydrogens is 335 g/mol. The largest absolute Gasteiger partial charge is 0.408 e. The molecule has 0 radical (unpaired) electrons. The molecule has 9 heteroatoms. The van der Waals surface area contributed by atoms with Crippen molar-refractivity contribution in [2.24, 2.45) is 5.73 Å². The SMILES string of the molecule is N[C@H]1CC[C@@H](C(F)(F)F)N(C(=O)c2cn(Cc3ccccc3)nn2)C1. The Hall–Kier alpha value is -2.42. The van der Waals surface area contributed by atoms with Crippen molar-refractivity contribution in [3.63, 3.8) is 0 Å². The van der Waals surface area contributed by atoms with E-state index in [9.17, 15) is 18.0 Å². The van der Waals surface area contributed by atoms with E-state index in [1.165, 1.54) is 10.9 Å². The zero-order chi connectivity index (χ0) is 18.0. The zero-order valence-corrected chi connectivity index (χ0v) is 13.4. The lowest BCUT2D eigenvalue weighted by atomic mass is 9.98. The highest BCUT2D eigenvalue weighted by Gasteiger charge is 2.48.